The molecule has 5 aromatic rings. The molecule has 0 amide bonds. The summed E-state index contributed by atoms with van der Waals surface area (Å²) >= 11 is 14.1. The molecule has 5 rings (SSSR count). The van der Waals surface area contributed by atoms with Crippen molar-refractivity contribution in [3.05, 3.63) is 129 Å². The summed E-state index contributed by atoms with van der Waals surface area (Å²) in [5.74, 6) is 0. The van der Waals surface area contributed by atoms with Crippen LogP contribution in [-0.2, 0) is 6.54 Å². The number of aromatic nitrogens is 1. The van der Waals surface area contributed by atoms with Gasteiger partial charge in [0.25, 0.3) is 0 Å². The normalized spacial score (nSPS) is 11.6. The third-order valence-electron chi connectivity index (χ3n) is 5.41. The molecule has 0 saturated carbocycles. The molecule has 0 N–H and O–H groups in total. The SMILES string of the molecule is Clc1ccc(Cn2c(-c3ccc(-c4ccccc4)cc3)csc2=Nc2ccccc2Cl)cc1. The minimum absolute atomic E-state index is 0.637. The Morgan fingerprint density at radius 2 is 1.30 bits per heavy atom. The lowest BCUT2D eigenvalue weighted by Gasteiger charge is -2.11. The number of hydrogen-bond donors (Lipinski definition) is 0. The van der Waals surface area contributed by atoms with E-state index in [-0.39, 0.29) is 0 Å². The van der Waals surface area contributed by atoms with Gasteiger partial charge in [-0.1, -0.05) is 102 Å². The first-order valence-electron chi connectivity index (χ1n) is 10.6. The molecule has 0 saturated heterocycles. The van der Waals surface area contributed by atoms with Gasteiger partial charge in [-0.15, -0.1) is 11.3 Å². The van der Waals surface area contributed by atoms with Gasteiger partial charge in [-0.25, -0.2) is 4.99 Å². The largest absolute Gasteiger partial charge is 0.312 e. The molecular formula is C28H20Cl2N2S. The first-order chi connectivity index (χ1) is 16.2. The molecular weight excluding hydrogens is 467 g/mol. The van der Waals surface area contributed by atoms with Crippen LogP contribution in [0.15, 0.2) is 114 Å². The van der Waals surface area contributed by atoms with Gasteiger partial charge in [0.1, 0.15) is 0 Å². The average Bonchev–Trinajstić information content (AvgIpc) is 3.24. The maximum atomic E-state index is 6.39. The van der Waals surface area contributed by atoms with Gasteiger partial charge in [0.2, 0.25) is 0 Å². The smallest absolute Gasteiger partial charge is 0.190 e. The molecule has 0 aliphatic heterocycles. The summed E-state index contributed by atoms with van der Waals surface area (Å²) in [4.78, 5) is 5.78. The molecule has 162 valence electrons. The van der Waals surface area contributed by atoms with Gasteiger partial charge in [0.05, 0.1) is 22.9 Å². The molecule has 0 unspecified atom stereocenters. The first kappa shape index (κ1) is 21.7. The summed E-state index contributed by atoms with van der Waals surface area (Å²) in [6, 6.07) is 34.7. The minimum atomic E-state index is 0.637. The Bertz CT molecular complexity index is 1430. The van der Waals surface area contributed by atoms with E-state index in [0.717, 1.165) is 32.3 Å². The van der Waals surface area contributed by atoms with Gasteiger partial charge in [0, 0.05) is 10.4 Å². The van der Waals surface area contributed by atoms with Crippen LogP contribution >= 0.6 is 34.5 Å². The lowest BCUT2D eigenvalue weighted by Crippen LogP contribution is -2.16. The predicted octanol–water partition coefficient (Wildman–Crippen LogP) is 8.47. The molecule has 0 aliphatic rings. The minimum Gasteiger partial charge on any atom is -0.312 e. The Hall–Kier alpha value is -3.11. The van der Waals surface area contributed by atoms with E-state index in [1.165, 1.54) is 11.1 Å². The van der Waals surface area contributed by atoms with E-state index in [9.17, 15) is 0 Å². The highest BCUT2D eigenvalue weighted by Crippen LogP contribution is 2.27. The fraction of sp³-hybridized carbons (Fsp3) is 0.0357. The molecule has 0 aliphatic carbocycles. The fourth-order valence-corrected chi connectivity index (χ4v) is 4.91. The van der Waals surface area contributed by atoms with Crippen LogP contribution in [0, 0.1) is 0 Å². The highest BCUT2D eigenvalue weighted by atomic mass is 35.5. The van der Waals surface area contributed by atoms with Crippen molar-refractivity contribution in [3.8, 4) is 22.4 Å². The molecule has 1 aromatic heterocycles. The number of thiazole rings is 1. The maximum absolute atomic E-state index is 6.39. The Morgan fingerprint density at radius 1 is 0.667 bits per heavy atom. The maximum Gasteiger partial charge on any atom is 0.190 e. The van der Waals surface area contributed by atoms with E-state index in [1.807, 2.05) is 42.5 Å². The lowest BCUT2D eigenvalue weighted by atomic mass is 10.0. The van der Waals surface area contributed by atoms with Crippen LogP contribution < -0.4 is 4.80 Å². The number of hydrogen-bond acceptors (Lipinski definition) is 2. The Labute approximate surface area is 207 Å². The molecule has 0 spiro atoms. The summed E-state index contributed by atoms with van der Waals surface area (Å²) < 4.78 is 2.23. The number of rotatable bonds is 5. The van der Waals surface area contributed by atoms with Gasteiger partial charge in [-0.3, -0.25) is 0 Å². The molecule has 5 heteroatoms. The molecule has 0 atom stereocenters. The molecule has 2 nitrogen and oxygen atoms in total. The highest BCUT2D eigenvalue weighted by molar-refractivity contribution is 7.07. The van der Waals surface area contributed by atoms with E-state index in [4.69, 9.17) is 28.2 Å². The van der Waals surface area contributed by atoms with Crippen LogP contribution in [0.5, 0.6) is 0 Å². The first-order valence-corrected chi connectivity index (χ1v) is 12.2. The third kappa shape index (κ3) is 4.96. The zero-order valence-corrected chi connectivity index (χ0v) is 20.0. The van der Waals surface area contributed by atoms with E-state index >= 15 is 0 Å². The monoisotopic (exact) mass is 486 g/mol. The topological polar surface area (TPSA) is 17.3 Å². The quantitative estimate of drug-likeness (QED) is 0.237. The van der Waals surface area contributed by atoms with Gasteiger partial charge in [-0.2, -0.15) is 0 Å². The van der Waals surface area contributed by atoms with Crippen molar-refractivity contribution >= 4 is 40.2 Å². The summed E-state index contributed by atoms with van der Waals surface area (Å²) in [7, 11) is 0. The third-order valence-corrected chi connectivity index (χ3v) is 6.84. The summed E-state index contributed by atoms with van der Waals surface area (Å²) in [5.41, 5.74) is 6.57. The molecule has 33 heavy (non-hydrogen) atoms. The van der Waals surface area contributed by atoms with Crippen molar-refractivity contribution in [1.82, 2.24) is 4.57 Å². The van der Waals surface area contributed by atoms with E-state index in [1.54, 1.807) is 11.3 Å². The number of para-hydroxylation sites is 1. The van der Waals surface area contributed by atoms with Crippen molar-refractivity contribution in [2.75, 3.05) is 0 Å². The molecule has 0 radical (unpaired) electrons. The Morgan fingerprint density at radius 3 is 2.03 bits per heavy atom. The number of nitrogens with zero attached hydrogens (tertiary/aromatic N) is 2. The number of halogens is 2. The van der Waals surface area contributed by atoms with E-state index in [2.05, 4.69) is 70.6 Å². The van der Waals surface area contributed by atoms with Crippen molar-refractivity contribution in [2.45, 2.75) is 6.54 Å². The second kappa shape index (κ2) is 9.80. The van der Waals surface area contributed by atoms with Crippen LogP contribution in [-0.4, -0.2) is 4.57 Å². The summed E-state index contributed by atoms with van der Waals surface area (Å²) in [6.45, 7) is 0.680. The van der Waals surface area contributed by atoms with Crippen LogP contribution in [0.4, 0.5) is 5.69 Å². The van der Waals surface area contributed by atoms with Crippen LogP contribution in [0.2, 0.25) is 10.0 Å². The van der Waals surface area contributed by atoms with Gasteiger partial charge in [-0.05, 0) is 46.5 Å². The second-order valence-corrected chi connectivity index (χ2v) is 9.30. The van der Waals surface area contributed by atoms with Gasteiger partial charge >= 0.3 is 0 Å². The van der Waals surface area contributed by atoms with Crippen molar-refractivity contribution < 1.29 is 0 Å². The van der Waals surface area contributed by atoms with Crippen molar-refractivity contribution in [3.63, 3.8) is 0 Å². The number of benzene rings is 4. The fourth-order valence-electron chi connectivity index (χ4n) is 3.68. The van der Waals surface area contributed by atoms with Crippen LogP contribution in [0.25, 0.3) is 22.4 Å². The van der Waals surface area contributed by atoms with Crippen molar-refractivity contribution in [2.24, 2.45) is 4.99 Å². The van der Waals surface area contributed by atoms with Gasteiger partial charge in [0.15, 0.2) is 4.80 Å². The standard InChI is InChI=1S/C28H20Cl2N2S/c29-24-16-10-20(11-17-24)18-32-27(19-33-28(32)31-26-9-5-4-8-25(26)30)23-14-12-22(13-15-23)21-6-2-1-3-7-21/h1-17,19H,18H2. The Balaban J connectivity index is 1.59. The highest BCUT2D eigenvalue weighted by Gasteiger charge is 2.10. The van der Waals surface area contributed by atoms with Crippen molar-refractivity contribution in [1.29, 1.82) is 0 Å². The summed E-state index contributed by atoms with van der Waals surface area (Å²) in [6.07, 6.45) is 0. The van der Waals surface area contributed by atoms with Gasteiger partial charge < -0.3 is 4.57 Å². The molecule has 0 bridgehead atoms. The predicted molar refractivity (Wildman–Crippen MR) is 140 cm³/mol. The van der Waals surface area contributed by atoms with E-state index in [0.29, 0.717) is 11.6 Å². The average molecular weight is 487 g/mol. The molecule has 0 fully saturated rings. The van der Waals surface area contributed by atoms with Crippen LogP contribution in [0.3, 0.4) is 0 Å². The summed E-state index contributed by atoms with van der Waals surface area (Å²) in [5, 5.41) is 3.52. The van der Waals surface area contributed by atoms with E-state index < -0.39 is 0 Å². The second-order valence-electron chi connectivity index (χ2n) is 7.62. The van der Waals surface area contributed by atoms with Crippen LogP contribution in [0.1, 0.15) is 5.56 Å². The Kier molecular flexibility index (Phi) is 6.45. The lowest BCUT2D eigenvalue weighted by molar-refractivity contribution is 0.778. The molecule has 1 heterocycles. The molecule has 4 aromatic carbocycles. The zero-order chi connectivity index (χ0) is 22.6. The zero-order valence-electron chi connectivity index (χ0n) is 17.7.